The summed E-state index contributed by atoms with van der Waals surface area (Å²) in [5, 5.41) is 4.60. The predicted molar refractivity (Wildman–Crippen MR) is 84.6 cm³/mol. The van der Waals surface area contributed by atoms with E-state index in [1.807, 2.05) is 18.7 Å². The van der Waals surface area contributed by atoms with Gasteiger partial charge in [0, 0.05) is 13.1 Å². The summed E-state index contributed by atoms with van der Waals surface area (Å²) >= 11 is 6.45. The molecule has 0 spiro atoms. The Kier molecular flexibility index (Phi) is 3.07. The second kappa shape index (κ2) is 4.73. The number of rotatable bonds is 3. The minimum atomic E-state index is -0.0544. The summed E-state index contributed by atoms with van der Waals surface area (Å²) in [6.45, 7) is 4.17. The van der Waals surface area contributed by atoms with Gasteiger partial charge in [-0.15, -0.1) is 11.6 Å². The van der Waals surface area contributed by atoms with Gasteiger partial charge in [-0.3, -0.25) is 4.68 Å². The second-order valence-electron chi connectivity index (χ2n) is 6.79. The van der Waals surface area contributed by atoms with E-state index in [4.69, 9.17) is 16.6 Å². The van der Waals surface area contributed by atoms with Crippen molar-refractivity contribution in [1.29, 1.82) is 0 Å². The Morgan fingerprint density at radius 1 is 1.33 bits per heavy atom. The molecule has 2 aromatic heterocycles. The van der Waals surface area contributed by atoms with Gasteiger partial charge in [-0.25, -0.2) is 4.98 Å². The van der Waals surface area contributed by atoms with E-state index in [-0.39, 0.29) is 5.38 Å². The van der Waals surface area contributed by atoms with Gasteiger partial charge in [0.2, 0.25) is 0 Å². The van der Waals surface area contributed by atoms with Crippen LogP contribution in [0.1, 0.15) is 62.5 Å². The van der Waals surface area contributed by atoms with Crippen molar-refractivity contribution in [3.63, 3.8) is 0 Å². The first kappa shape index (κ1) is 13.6. The van der Waals surface area contributed by atoms with E-state index < -0.39 is 0 Å². The van der Waals surface area contributed by atoms with E-state index in [9.17, 15) is 0 Å². The Hall–Kier alpha value is -1.03. The quantitative estimate of drug-likeness (QED) is 0.804. The molecule has 2 aromatic rings. The van der Waals surface area contributed by atoms with E-state index in [1.165, 1.54) is 31.3 Å². The van der Waals surface area contributed by atoms with Crippen molar-refractivity contribution in [3.05, 3.63) is 11.5 Å². The highest BCUT2D eigenvalue weighted by atomic mass is 35.5. The normalized spacial score (nSPS) is 29.6. The predicted octanol–water partition coefficient (Wildman–Crippen LogP) is 3.99. The van der Waals surface area contributed by atoms with Crippen molar-refractivity contribution >= 4 is 22.8 Å². The standard InChI is InChI=1S/C16H23ClN4/c1-4-12-14-16(20(3)19-12)21(15(18-14)9(2)17)13-8-10-5-6-11(13)7-10/h9-11,13H,4-8H2,1-3H3. The van der Waals surface area contributed by atoms with E-state index >= 15 is 0 Å². The third-order valence-corrected chi connectivity index (χ3v) is 5.68. The number of alkyl halides is 1. The van der Waals surface area contributed by atoms with E-state index in [2.05, 4.69) is 16.6 Å². The van der Waals surface area contributed by atoms with Crippen molar-refractivity contribution in [1.82, 2.24) is 19.3 Å². The van der Waals surface area contributed by atoms with Crippen LogP contribution < -0.4 is 0 Å². The summed E-state index contributed by atoms with van der Waals surface area (Å²) in [6.07, 6.45) is 6.37. The molecule has 2 bridgehead atoms. The Morgan fingerprint density at radius 2 is 2.14 bits per heavy atom. The van der Waals surface area contributed by atoms with Crippen LogP contribution in [-0.2, 0) is 13.5 Å². The van der Waals surface area contributed by atoms with Gasteiger partial charge in [0.1, 0.15) is 11.3 Å². The van der Waals surface area contributed by atoms with E-state index in [0.717, 1.165) is 35.3 Å². The smallest absolute Gasteiger partial charge is 0.158 e. The summed E-state index contributed by atoms with van der Waals surface area (Å²) in [5.74, 6) is 2.75. The first-order valence-corrected chi connectivity index (χ1v) is 8.61. The highest BCUT2D eigenvalue weighted by Crippen LogP contribution is 2.52. The molecule has 4 rings (SSSR count). The molecular weight excluding hydrogens is 284 g/mol. The molecule has 2 heterocycles. The van der Waals surface area contributed by atoms with E-state index in [1.54, 1.807) is 0 Å². The molecular formula is C16H23ClN4. The lowest BCUT2D eigenvalue weighted by molar-refractivity contribution is 0.326. The maximum Gasteiger partial charge on any atom is 0.158 e. The first-order chi connectivity index (χ1) is 10.1. The van der Waals surface area contributed by atoms with Crippen LogP contribution in [0.3, 0.4) is 0 Å². The maximum absolute atomic E-state index is 6.45. The zero-order chi connectivity index (χ0) is 14.7. The summed E-state index contributed by atoms with van der Waals surface area (Å²) in [5.41, 5.74) is 3.32. The van der Waals surface area contributed by atoms with Crippen LogP contribution in [0.4, 0.5) is 0 Å². The molecule has 4 unspecified atom stereocenters. The number of nitrogens with zero attached hydrogens (tertiary/aromatic N) is 4. The fourth-order valence-corrected chi connectivity index (χ4v) is 4.75. The van der Waals surface area contributed by atoms with Crippen LogP contribution in [0.5, 0.6) is 0 Å². The molecule has 21 heavy (non-hydrogen) atoms. The molecule has 0 N–H and O–H groups in total. The van der Waals surface area contributed by atoms with Crippen molar-refractivity contribution in [2.75, 3.05) is 0 Å². The Labute approximate surface area is 130 Å². The lowest BCUT2D eigenvalue weighted by atomic mass is 9.95. The third-order valence-electron chi connectivity index (χ3n) is 5.49. The Morgan fingerprint density at radius 3 is 2.71 bits per heavy atom. The largest absolute Gasteiger partial charge is 0.308 e. The van der Waals surface area contributed by atoms with Gasteiger partial charge >= 0.3 is 0 Å². The van der Waals surface area contributed by atoms with Crippen molar-refractivity contribution in [2.45, 2.75) is 57.4 Å². The van der Waals surface area contributed by atoms with Gasteiger partial charge in [0.25, 0.3) is 0 Å². The fourth-order valence-electron chi connectivity index (χ4n) is 4.59. The molecule has 0 aromatic carbocycles. The lowest BCUT2D eigenvalue weighted by Gasteiger charge is -2.26. The molecule has 0 amide bonds. The fraction of sp³-hybridized carbons (Fsp3) is 0.750. The number of fused-ring (bicyclic) bond motifs is 3. The van der Waals surface area contributed by atoms with Gasteiger partial charge in [-0.2, -0.15) is 5.10 Å². The van der Waals surface area contributed by atoms with Crippen LogP contribution in [0.15, 0.2) is 0 Å². The monoisotopic (exact) mass is 306 g/mol. The van der Waals surface area contributed by atoms with Gasteiger partial charge in [-0.05, 0) is 44.4 Å². The second-order valence-corrected chi connectivity index (χ2v) is 7.45. The Bertz CT molecular complexity index is 684. The zero-order valence-electron chi connectivity index (χ0n) is 13.0. The molecule has 2 aliphatic rings. The van der Waals surface area contributed by atoms with Crippen molar-refractivity contribution in [2.24, 2.45) is 18.9 Å². The zero-order valence-corrected chi connectivity index (χ0v) is 13.8. The highest BCUT2D eigenvalue weighted by Gasteiger charge is 2.42. The first-order valence-electron chi connectivity index (χ1n) is 8.17. The van der Waals surface area contributed by atoms with Crippen LogP contribution in [0.2, 0.25) is 0 Å². The SMILES string of the molecule is CCc1nn(C)c2c1nc(C(C)Cl)n2C1CC2CCC1C2. The molecule has 2 fully saturated rings. The third kappa shape index (κ3) is 1.88. The number of imidazole rings is 1. The van der Waals surface area contributed by atoms with Gasteiger partial charge in [-0.1, -0.05) is 13.3 Å². The molecule has 4 atom stereocenters. The number of hydrogen-bond acceptors (Lipinski definition) is 2. The van der Waals surface area contributed by atoms with Crippen LogP contribution in [-0.4, -0.2) is 19.3 Å². The summed E-state index contributed by atoms with van der Waals surface area (Å²) in [6, 6.07) is 0.574. The number of aromatic nitrogens is 4. The van der Waals surface area contributed by atoms with Crippen molar-refractivity contribution in [3.8, 4) is 0 Å². The van der Waals surface area contributed by atoms with E-state index in [0.29, 0.717) is 6.04 Å². The molecule has 114 valence electrons. The molecule has 0 saturated heterocycles. The number of hydrogen-bond donors (Lipinski definition) is 0. The number of aryl methyl sites for hydroxylation is 2. The lowest BCUT2D eigenvalue weighted by Crippen LogP contribution is -2.20. The van der Waals surface area contributed by atoms with Crippen LogP contribution in [0, 0.1) is 11.8 Å². The highest BCUT2D eigenvalue weighted by molar-refractivity contribution is 6.20. The molecule has 2 saturated carbocycles. The van der Waals surface area contributed by atoms with Gasteiger partial charge < -0.3 is 4.57 Å². The molecule has 5 heteroatoms. The average molecular weight is 307 g/mol. The summed E-state index contributed by atoms with van der Waals surface area (Å²) in [7, 11) is 2.04. The van der Waals surface area contributed by atoms with Crippen molar-refractivity contribution < 1.29 is 0 Å². The molecule has 2 aliphatic carbocycles. The summed E-state index contributed by atoms with van der Waals surface area (Å²) < 4.78 is 4.44. The molecule has 4 nitrogen and oxygen atoms in total. The Balaban J connectivity index is 1.93. The maximum atomic E-state index is 6.45. The van der Waals surface area contributed by atoms with Gasteiger partial charge in [0.05, 0.1) is 11.1 Å². The molecule has 0 aliphatic heterocycles. The topological polar surface area (TPSA) is 35.6 Å². The minimum absolute atomic E-state index is 0.0544. The average Bonchev–Trinajstić information content (AvgIpc) is 3.18. The van der Waals surface area contributed by atoms with Gasteiger partial charge in [0.15, 0.2) is 5.65 Å². The molecule has 0 radical (unpaired) electrons. The summed E-state index contributed by atoms with van der Waals surface area (Å²) in [4.78, 5) is 4.88. The number of halogens is 1. The minimum Gasteiger partial charge on any atom is -0.308 e. The van der Waals surface area contributed by atoms with Crippen LogP contribution >= 0.6 is 11.6 Å². The van der Waals surface area contributed by atoms with Crippen LogP contribution in [0.25, 0.3) is 11.2 Å².